The molecule has 4 rings (SSSR count). The van der Waals surface area contributed by atoms with Crippen molar-refractivity contribution in [1.82, 2.24) is 4.90 Å². The van der Waals surface area contributed by atoms with Gasteiger partial charge in [0.1, 0.15) is 5.75 Å². The number of carbonyl (C=O) groups is 2. The molecule has 2 aliphatic rings. The summed E-state index contributed by atoms with van der Waals surface area (Å²) in [5.41, 5.74) is 1.80. The fourth-order valence-electron chi connectivity index (χ4n) is 3.37. The average molecular weight is 399 g/mol. The molecule has 146 valence electrons. The highest BCUT2D eigenvalue weighted by Gasteiger charge is 2.24. The number of fused-ring (bicyclic) bond motifs is 1. The second kappa shape index (κ2) is 8.14. The van der Waals surface area contributed by atoms with Gasteiger partial charge in [-0.05, 0) is 48.4 Å². The maximum absolute atomic E-state index is 12.9. The van der Waals surface area contributed by atoms with Crippen LogP contribution >= 0.6 is 11.8 Å². The summed E-state index contributed by atoms with van der Waals surface area (Å²) in [7, 11) is 0. The van der Waals surface area contributed by atoms with E-state index >= 15 is 0 Å². The highest BCUT2D eigenvalue weighted by atomic mass is 32.2. The van der Waals surface area contributed by atoms with Gasteiger partial charge >= 0.3 is 5.97 Å². The molecule has 0 saturated carbocycles. The standard InChI is InChI=1S/C21H21NO5S/c1-14(23)27-17-5-2-15(3-6-17)21(24)22-9-8-20(28-11-10-22)16-4-7-18-19(12-16)26-13-25-18/h2-7,12,20H,8-11,13H2,1H3. The summed E-state index contributed by atoms with van der Waals surface area (Å²) in [5, 5.41) is 0.318. The fraction of sp³-hybridized carbons (Fsp3) is 0.333. The Hall–Kier alpha value is -2.67. The van der Waals surface area contributed by atoms with E-state index in [1.165, 1.54) is 12.5 Å². The predicted molar refractivity (Wildman–Crippen MR) is 106 cm³/mol. The molecule has 7 heteroatoms. The molecule has 2 aromatic rings. The third-order valence-electron chi connectivity index (χ3n) is 4.76. The number of carbonyl (C=O) groups excluding carboxylic acids is 2. The van der Waals surface area contributed by atoms with Crippen molar-refractivity contribution >= 4 is 23.6 Å². The molecule has 6 nitrogen and oxygen atoms in total. The lowest BCUT2D eigenvalue weighted by molar-refractivity contribution is -0.131. The van der Waals surface area contributed by atoms with Gasteiger partial charge in [-0.2, -0.15) is 11.8 Å². The molecular weight excluding hydrogens is 378 g/mol. The van der Waals surface area contributed by atoms with Crippen LogP contribution in [0, 0.1) is 0 Å². The van der Waals surface area contributed by atoms with Gasteiger partial charge in [0.25, 0.3) is 5.91 Å². The van der Waals surface area contributed by atoms with Crippen molar-refractivity contribution in [3.63, 3.8) is 0 Å². The number of rotatable bonds is 3. The molecule has 1 atom stereocenters. The monoisotopic (exact) mass is 399 g/mol. The molecule has 2 aliphatic heterocycles. The molecule has 0 aromatic heterocycles. The first kappa shape index (κ1) is 18.7. The third-order valence-corrected chi connectivity index (χ3v) is 6.09. The minimum atomic E-state index is -0.377. The number of benzene rings is 2. The average Bonchev–Trinajstić information content (AvgIpc) is 3.02. The highest BCUT2D eigenvalue weighted by molar-refractivity contribution is 7.99. The molecule has 2 heterocycles. The zero-order valence-electron chi connectivity index (χ0n) is 15.6. The first-order valence-electron chi connectivity index (χ1n) is 9.19. The molecule has 2 aromatic carbocycles. The van der Waals surface area contributed by atoms with Crippen molar-refractivity contribution in [3.05, 3.63) is 53.6 Å². The molecule has 0 spiro atoms. The molecule has 0 bridgehead atoms. The maximum Gasteiger partial charge on any atom is 0.308 e. The second-order valence-corrected chi connectivity index (χ2v) is 7.98. The lowest BCUT2D eigenvalue weighted by Gasteiger charge is -2.20. The Morgan fingerprint density at radius 2 is 1.86 bits per heavy atom. The maximum atomic E-state index is 12.9. The van der Waals surface area contributed by atoms with Gasteiger partial charge in [0, 0.05) is 36.6 Å². The van der Waals surface area contributed by atoms with Crippen molar-refractivity contribution in [1.29, 1.82) is 0 Å². The Morgan fingerprint density at radius 3 is 2.64 bits per heavy atom. The van der Waals surface area contributed by atoms with Gasteiger partial charge in [-0.3, -0.25) is 9.59 Å². The van der Waals surface area contributed by atoms with Crippen LogP contribution in [0.2, 0.25) is 0 Å². The summed E-state index contributed by atoms with van der Waals surface area (Å²) in [4.78, 5) is 25.8. The molecular formula is C21H21NO5S. The summed E-state index contributed by atoms with van der Waals surface area (Å²) in [6, 6.07) is 12.8. The van der Waals surface area contributed by atoms with Crippen LogP contribution in [0.3, 0.4) is 0 Å². The Bertz CT molecular complexity index is 883. The van der Waals surface area contributed by atoms with E-state index in [-0.39, 0.29) is 18.7 Å². The van der Waals surface area contributed by atoms with Crippen LogP contribution in [0.25, 0.3) is 0 Å². The first-order valence-corrected chi connectivity index (χ1v) is 10.2. The summed E-state index contributed by atoms with van der Waals surface area (Å²) in [6.45, 7) is 3.02. The van der Waals surface area contributed by atoms with Gasteiger partial charge in [0.05, 0.1) is 0 Å². The van der Waals surface area contributed by atoms with E-state index in [9.17, 15) is 9.59 Å². The molecule has 28 heavy (non-hydrogen) atoms. The highest BCUT2D eigenvalue weighted by Crippen LogP contribution is 2.40. The second-order valence-electron chi connectivity index (χ2n) is 6.67. The quantitative estimate of drug-likeness (QED) is 0.580. The van der Waals surface area contributed by atoms with Gasteiger partial charge < -0.3 is 19.1 Å². The number of amides is 1. The molecule has 0 N–H and O–H groups in total. The SMILES string of the molecule is CC(=O)Oc1ccc(C(=O)N2CCSC(c3ccc4c(c3)OCO4)CC2)cc1. The van der Waals surface area contributed by atoms with Crippen LogP contribution in [0.15, 0.2) is 42.5 Å². The lowest BCUT2D eigenvalue weighted by atomic mass is 10.1. The van der Waals surface area contributed by atoms with E-state index in [4.69, 9.17) is 14.2 Å². The van der Waals surface area contributed by atoms with Gasteiger partial charge in [-0.1, -0.05) is 6.07 Å². The number of hydrogen-bond donors (Lipinski definition) is 0. The van der Waals surface area contributed by atoms with Gasteiger partial charge in [0.2, 0.25) is 6.79 Å². The molecule has 1 amide bonds. The van der Waals surface area contributed by atoms with Crippen LogP contribution in [-0.4, -0.2) is 42.4 Å². The number of hydrogen-bond acceptors (Lipinski definition) is 6. The Balaban J connectivity index is 1.40. The van der Waals surface area contributed by atoms with Crippen molar-refractivity contribution in [3.8, 4) is 17.2 Å². The zero-order valence-corrected chi connectivity index (χ0v) is 16.4. The normalized spacial score (nSPS) is 18.5. The van der Waals surface area contributed by atoms with Gasteiger partial charge in [-0.15, -0.1) is 0 Å². The van der Waals surface area contributed by atoms with Gasteiger partial charge in [0.15, 0.2) is 11.5 Å². The first-order chi connectivity index (χ1) is 13.6. The van der Waals surface area contributed by atoms with Crippen LogP contribution < -0.4 is 14.2 Å². The fourth-order valence-corrected chi connectivity index (χ4v) is 4.59. The molecule has 1 saturated heterocycles. The number of thioether (sulfide) groups is 1. The topological polar surface area (TPSA) is 65.1 Å². The smallest absolute Gasteiger partial charge is 0.308 e. The van der Waals surface area contributed by atoms with Crippen molar-refractivity contribution in [2.24, 2.45) is 0 Å². The van der Waals surface area contributed by atoms with E-state index in [0.717, 1.165) is 23.7 Å². The summed E-state index contributed by atoms with van der Waals surface area (Å²) in [6.07, 6.45) is 0.877. The van der Waals surface area contributed by atoms with E-state index < -0.39 is 0 Å². The van der Waals surface area contributed by atoms with E-state index in [0.29, 0.717) is 29.7 Å². The Labute approximate surface area is 167 Å². The van der Waals surface area contributed by atoms with Crippen LogP contribution in [-0.2, 0) is 4.79 Å². The van der Waals surface area contributed by atoms with Crippen molar-refractivity contribution in [2.45, 2.75) is 18.6 Å². The van der Waals surface area contributed by atoms with Crippen LogP contribution in [0.5, 0.6) is 17.2 Å². The number of ether oxygens (including phenoxy) is 3. The zero-order chi connectivity index (χ0) is 19.5. The largest absolute Gasteiger partial charge is 0.454 e. The number of esters is 1. The summed E-state index contributed by atoms with van der Waals surface area (Å²) >= 11 is 1.86. The molecule has 1 unspecified atom stereocenters. The third kappa shape index (κ3) is 4.09. The molecule has 1 fully saturated rings. The van der Waals surface area contributed by atoms with Crippen LogP contribution in [0.4, 0.5) is 0 Å². The number of nitrogens with zero attached hydrogens (tertiary/aromatic N) is 1. The molecule has 0 aliphatic carbocycles. The minimum absolute atomic E-state index is 0.00121. The molecule has 0 radical (unpaired) electrons. The van der Waals surface area contributed by atoms with E-state index in [1.807, 2.05) is 28.8 Å². The van der Waals surface area contributed by atoms with E-state index in [1.54, 1.807) is 24.3 Å². The predicted octanol–water partition coefficient (Wildman–Crippen LogP) is 3.66. The summed E-state index contributed by atoms with van der Waals surface area (Å²) < 4.78 is 15.9. The van der Waals surface area contributed by atoms with Gasteiger partial charge in [-0.25, -0.2) is 0 Å². The minimum Gasteiger partial charge on any atom is -0.454 e. The van der Waals surface area contributed by atoms with Crippen LogP contribution in [0.1, 0.15) is 34.5 Å². The lowest BCUT2D eigenvalue weighted by Crippen LogP contribution is -2.32. The summed E-state index contributed by atoms with van der Waals surface area (Å²) in [5.74, 6) is 2.52. The van der Waals surface area contributed by atoms with E-state index in [2.05, 4.69) is 6.07 Å². The Morgan fingerprint density at radius 1 is 1.07 bits per heavy atom. The van der Waals surface area contributed by atoms with Crippen molar-refractivity contribution < 1.29 is 23.8 Å². The Kier molecular flexibility index (Phi) is 5.43. The van der Waals surface area contributed by atoms with Crippen molar-refractivity contribution in [2.75, 3.05) is 25.6 Å².